The van der Waals surface area contributed by atoms with Gasteiger partial charge >= 0.3 is 6.18 Å². The van der Waals surface area contributed by atoms with Gasteiger partial charge in [0.1, 0.15) is 0 Å². The van der Waals surface area contributed by atoms with E-state index < -0.39 is 12.7 Å². The average Bonchev–Trinajstić information content (AvgIpc) is 2.88. The topological polar surface area (TPSA) is 29.9 Å². The maximum Gasteiger partial charge on any atom is 0.401 e. The molecule has 0 saturated heterocycles. The van der Waals surface area contributed by atoms with E-state index in [0.29, 0.717) is 0 Å². The Kier molecular flexibility index (Phi) is 4.44. The van der Waals surface area contributed by atoms with Crippen LogP contribution >= 0.6 is 0 Å². The Morgan fingerprint density at radius 1 is 1.20 bits per heavy atom. The fourth-order valence-electron chi connectivity index (χ4n) is 1.88. The maximum absolute atomic E-state index is 12.0. The molecule has 3 nitrogen and oxygen atoms in total. The number of aromatic nitrogens is 2. The van der Waals surface area contributed by atoms with Gasteiger partial charge < -0.3 is 5.32 Å². The van der Waals surface area contributed by atoms with Gasteiger partial charge in [0.25, 0.3) is 0 Å². The van der Waals surface area contributed by atoms with Crippen LogP contribution in [0.5, 0.6) is 0 Å². The summed E-state index contributed by atoms with van der Waals surface area (Å²) in [6.07, 6.45) is -0.621. The van der Waals surface area contributed by atoms with Gasteiger partial charge in [0, 0.05) is 18.3 Å². The summed E-state index contributed by atoms with van der Waals surface area (Å²) in [5, 5.41) is 6.59. The molecule has 1 aromatic carbocycles. The predicted octanol–water partition coefficient (Wildman–Crippen LogP) is 3.26. The van der Waals surface area contributed by atoms with E-state index >= 15 is 0 Å². The molecule has 0 bridgehead atoms. The zero-order valence-electron chi connectivity index (χ0n) is 11.1. The summed E-state index contributed by atoms with van der Waals surface area (Å²) in [4.78, 5) is 0. The number of benzene rings is 1. The number of hydrogen-bond donors (Lipinski definition) is 1. The zero-order valence-corrected chi connectivity index (χ0v) is 11.1. The Morgan fingerprint density at radius 2 is 1.90 bits per heavy atom. The largest absolute Gasteiger partial charge is 0.401 e. The average molecular weight is 283 g/mol. The standard InChI is InChI=1S/C14H16F3N3/c1-11(7-18-10-14(15,16)17)20-9-13(8-19-20)12-5-3-2-4-6-12/h2-6,8-9,11,18H,7,10H2,1H3. The lowest BCUT2D eigenvalue weighted by atomic mass is 10.1. The Morgan fingerprint density at radius 3 is 2.55 bits per heavy atom. The summed E-state index contributed by atoms with van der Waals surface area (Å²) in [6.45, 7) is 1.06. The van der Waals surface area contributed by atoms with Crippen LogP contribution in [-0.2, 0) is 0 Å². The lowest BCUT2D eigenvalue weighted by molar-refractivity contribution is -0.125. The molecule has 0 saturated carbocycles. The molecule has 0 fully saturated rings. The molecule has 2 rings (SSSR count). The highest BCUT2D eigenvalue weighted by Crippen LogP contribution is 2.19. The highest BCUT2D eigenvalue weighted by Gasteiger charge is 2.26. The number of halogens is 3. The Hall–Kier alpha value is -1.82. The second kappa shape index (κ2) is 6.09. The number of hydrogen-bond acceptors (Lipinski definition) is 2. The van der Waals surface area contributed by atoms with Crippen molar-refractivity contribution >= 4 is 0 Å². The molecule has 0 spiro atoms. The highest BCUT2D eigenvalue weighted by atomic mass is 19.4. The third kappa shape index (κ3) is 4.09. The number of alkyl halides is 3. The molecule has 0 amide bonds. The molecule has 20 heavy (non-hydrogen) atoms. The van der Waals surface area contributed by atoms with Crippen LogP contribution in [-0.4, -0.2) is 29.0 Å². The molecular weight excluding hydrogens is 267 g/mol. The third-order valence-electron chi connectivity index (χ3n) is 2.93. The van der Waals surface area contributed by atoms with Gasteiger partial charge in [-0.1, -0.05) is 30.3 Å². The minimum Gasteiger partial charge on any atom is -0.307 e. The van der Waals surface area contributed by atoms with Crippen molar-refractivity contribution in [1.29, 1.82) is 0 Å². The maximum atomic E-state index is 12.0. The second-order valence-corrected chi connectivity index (χ2v) is 4.67. The van der Waals surface area contributed by atoms with E-state index in [0.717, 1.165) is 11.1 Å². The first-order valence-corrected chi connectivity index (χ1v) is 6.33. The molecule has 1 unspecified atom stereocenters. The first-order chi connectivity index (χ1) is 9.46. The first-order valence-electron chi connectivity index (χ1n) is 6.33. The van der Waals surface area contributed by atoms with Gasteiger partial charge in [-0.3, -0.25) is 4.68 Å². The highest BCUT2D eigenvalue weighted by molar-refractivity contribution is 5.61. The van der Waals surface area contributed by atoms with Crippen LogP contribution < -0.4 is 5.32 Å². The monoisotopic (exact) mass is 283 g/mol. The van der Waals surface area contributed by atoms with Crippen molar-refractivity contribution in [3.8, 4) is 11.1 Å². The lowest BCUT2D eigenvalue weighted by Gasteiger charge is -2.14. The molecule has 0 aliphatic heterocycles. The first kappa shape index (κ1) is 14.6. The van der Waals surface area contributed by atoms with Crippen LogP contribution in [0.2, 0.25) is 0 Å². The molecule has 1 heterocycles. The van der Waals surface area contributed by atoms with E-state index in [1.54, 1.807) is 10.9 Å². The van der Waals surface area contributed by atoms with Crippen molar-refractivity contribution in [2.75, 3.05) is 13.1 Å². The summed E-state index contributed by atoms with van der Waals surface area (Å²) < 4.78 is 37.8. The Balaban J connectivity index is 1.95. The SMILES string of the molecule is CC(CNCC(F)(F)F)n1cc(-c2ccccc2)cn1. The van der Waals surface area contributed by atoms with Crippen molar-refractivity contribution in [3.05, 3.63) is 42.7 Å². The van der Waals surface area contributed by atoms with E-state index in [1.165, 1.54) is 0 Å². The smallest absolute Gasteiger partial charge is 0.307 e. The minimum absolute atomic E-state index is 0.144. The van der Waals surface area contributed by atoms with Crippen LogP contribution in [0.3, 0.4) is 0 Å². The number of nitrogens with zero attached hydrogens (tertiary/aromatic N) is 2. The normalized spacial score (nSPS) is 13.4. The van der Waals surface area contributed by atoms with Crippen LogP contribution in [0, 0.1) is 0 Å². The van der Waals surface area contributed by atoms with Gasteiger partial charge in [-0.2, -0.15) is 18.3 Å². The van der Waals surface area contributed by atoms with Crippen LogP contribution in [0.4, 0.5) is 13.2 Å². The third-order valence-corrected chi connectivity index (χ3v) is 2.93. The molecule has 2 aromatic rings. The summed E-state index contributed by atoms with van der Waals surface area (Å²) >= 11 is 0. The van der Waals surface area contributed by atoms with Gasteiger partial charge in [0.2, 0.25) is 0 Å². The molecule has 1 atom stereocenters. The van der Waals surface area contributed by atoms with Crippen molar-refractivity contribution < 1.29 is 13.2 Å². The van der Waals surface area contributed by atoms with Gasteiger partial charge in [0.15, 0.2) is 0 Å². The number of rotatable bonds is 5. The molecule has 1 N–H and O–H groups in total. The summed E-state index contributed by atoms with van der Waals surface area (Å²) in [7, 11) is 0. The van der Waals surface area contributed by atoms with Gasteiger partial charge in [-0.25, -0.2) is 0 Å². The van der Waals surface area contributed by atoms with Crippen molar-refractivity contribution in [2.24, 2.45) is 0 Å². The molecule has 0 radical (unpaired) electrons. The summed E-state index contributed by atoms with van der Waals surface area (Å²) in [5.41, 5.74) is 1.99. The second-order valence-electron chi connectivity index (χ2n) is 4.67. The quantitative estimate of drug-likeness (QED) is 0.912. The van der Waals surface area contributed by atoms with E-state index in [-0.39, 0.29) is 12.6 Å². The van der Waals surface area contributed by atoms with E-state index in [1.807, 2.05) is 43.5 Å². The van der Waals surface area contributed by atoms with Crippen LogP contribution in [0.1, 0.15) is 13.0 Å². The van der Waals surface area contributed by atoms with Crippen molar-refractivity contribution in [1.82, 2.24) is 15.1 Å². The molecule has 6 heteroatoms. The molecular formula is C14H16F3N3. The van der Waals surface area contributed by atoms with E-state index in [9.17, 15) is 13.2 Å². The fraction of sp³-hybridized carbons (Fsp3) is 0.357. The summed E-state index contributed by atoms with van der Waals surface area (Å²) in [5.74, 6) is 0. The van der Waals surface area contributed by atoms with Crippen molar-refractivity contribution in [3.63, 3.8) is 0 Å². The van der Waals surface area contributed by atoms with Crippen LogP contribution in [0.25, 0.3) is 11.1 Å². The fourth-order valence-corrected chi connectivity index (χ4v) is 1.88. The minimum atomic E-state index is -4.18. The Labute approximate surface area is 115 Å². The predicted molar refractivity (Wildman–Crippen MR) is 71.3 cm³/mol. The molecule has 1 aromatic heterocycles. The van der Waals surface area contributed by atoms with Gasteiger partial charge in [-0.15, -0.1) is 0 Å². The Bertz CT molecular complexity index is 534. The van der Waals surface area contributed by atoms with Crippen LogP contribution in [0.15, 0.2) is 42.7 Å². The van der Waals surface area contributed by atoms with Gasteiger partial charge in [0.05, 0.1) is 18.8 Å². The number of nitrogens with one attached hydrogen (secondary N) is 1. The van der Waals surface area contributed by atoms with E-state index in [2.05, 4.69) is 10.4 Å². The van der Waals surface area contributed by atoms with Gasteiger partial charge in [-0.05, 0) is 12.5 Å². The summed E-state index contributed by atoms with van der Waals surface area (Å²) in [6, 6.07) is 9.58. The lowest BCUT2D eigenvalue weighted by Crippen LogP contribution is -2.32. The molecule has 0 aliphatic carbocycles. The molecule has 0 aliphatic rings. The van der Waals surface area contributed by atoms with E-state index in [4.69, 9.17) is 0 Å². The van der Waals surface area contributed by atoms with Crippen molar-refractivity contribution in [2.45, 2.75) is 19.1 Å². The zero-order chi connectivity index (χ0) is 14.6. The molecule has 108 valence electrons.